The van der Waals surface area contributed by atoms with Crippen LogP contribution in [-0.4, -0.2) is 10.5 Å². The second-order valence-electron chi connectivity index (χ2n) is 12.9. The van der Waals surface area contributed by atoms with E-state index >= 15 is 0 Å². The number of rotatable bonds is 1. The third-order valence-corrected chi connectivity index (χ3v) is 11.3. The van der Waals surface area contributed by atoms with E-state index in [1.807, 2.05) is 11.3 Å². The molecule has 1 unspecified atom stereocenters. The monoisotopic (exact) mass is 595 g/mol. The second kappa shape index (κ2) is 8.93. The van der Waals surface area contributed by atoms with Crippen LogP contribution in [0.25, 0.3) is 53.8 Å². The van der Waals surface area contributed by atoms with Gasteiger partial charge in [-0.1, -0.05) is 111 Å². The molecule has 8 aromatic rings. The first-order chi connectivity index (χ1) is 22.1. The predicted molar refractivity (Wildman–Crippen MR) is 191 cm³/mol. The average Bonchev–Trinajstić information content (AvgIpc) is 3.69. The molecule has 3 heterocycles. The van der Waals surface area contributed by atoms with Crippen molar-refractivity contribution in [1.29, 1.82) is 0 Å². The minimum atomic E-state index is -0.133. The van der Waals surface area contributed by atoms with E-state index in [1.54, 1.807) is 0 Å². The summed E-state index contributed by atoms with van der Waals surface area (Å²) in [5.74, 6) is 0.860. The van der Waals surface area contributed by atoms with Gasteiger partial charge < -0.3 is 5.32 Å². The van der Waals surface area contributed by atoms with Gasteiger partial charge in [-0.15, -0.1) is 11.3 Å². The largest absolute Gasteiger partial charge is 0.324 e. The summed E-state index contributed by atoms with van der Waals surface area (Å²) in [5.41, 5.74) is 10.1. The van der Waals surface area contributed by atoms with Gasteiger partial charge >= 0.3 is 0 Å². The first-order valence-corrected chi connectivity index (χ1v) is 16.4. The van der Waals surface area contributed by atoms with Gasteiger partial charge in [0.05, 0.1) is 21.6 Å². The van der Waals surface area contributed by atoms with Crippen LogP contribution >= 0.6 is 11.3 Å². The van der Waals surface area contributed by atoms with E-state index in [4.69, 9.17) is 4.99 Å². The van der Waals surface area contributed by atoms with Crippen LogP contribution in [0.1, 0.15) is 41.5 Å². The van der Waals surface area contributed by atoms with Crippen molar-refractivity contribution in [2.75, 3.05) is 5.32 Å². The Hall–Kier alpha value is -5.19. The zero-order valence-electron chi connectivity index (χ0n) is 25.0. The lowest BCUT2D eigenvalue weighted by Crippen LogP contribution is -2.26. The molecule has 1 N–H and O–H groups in total. The quantitative estimate of drug-likeness (QED) is 0.201. The number of hydrogen-bond acceptors (Lipinski definition) is 3. The van der Waals surface area contributed by atoms with Gasteiger partial charge in [0.25, 0.3) is 0 Å². The lowest BCUT2D eigenvalue weighted by molar-refractivity contribution is 0.660. The van der Waals surface area contributed by atoms with Crippen molar-refractivity contribution in [1.82, 2.24) is 4.57 Å². The van der Waals surface area contributed by atoms with Crippen LogP contribution in [0.5, 0.6) is 0 Å². The van der Waals surface area contributed by atoms with Crippen LogP contribution in [0.3, 0.4) is 0 Å². The highest BCUT2D eigenvalue weighted by atomic mass is 32.1. The third-order valence-electron chi connectivity index (χ3n) is 10.0. The summed E-state index contributed by atoms with van der Waals surface area (Å²) in [5, 5.41) is 10.0. The Morgan fingerprint density at radius 2 is 1.36 bits per heavy atom. The number of hydrogen-bond donors (Lipinski definition) is 1. The number of fused-ring (bicyclic) bond motifs is 10. The number of aliphatic imine (C=N–C) groups is 1. The first-order valence-electron chi connectivity index (χ1n) is 15.6. The summed E-state index contributed by atoms with van der Waals surface area (Å²) in [4.78, 5) is 6.87. The minimum Gasteiger partial charge on any atom is -0.324 e. The summed E-state index contributed by atoms with van der Waals surface area (Å²) in [6.07, 6.45) is 0. The molecule has 3 nitrogen and oxygen atoms in total. The summed E-state index contributed by atoms with van der Waals surface area (Å²) < 4.78 is 3.61. The number of nitrogens with one attached hydrogen (secondary N) is 1. The zero-order valence-corrected chi connectivity index (χ0v) is 25.8. The fraction of sp³-hybridized carbons (Fsp3) is 0.0976. The van der Waals surface area contributed by atoms with Crippen molar-refractivity contribution in [3.05, 3.63) is 149 Å². The molecule has 0 saturated carbocycles. The summed E-state index contributed by atoms with van der Waals surface area (Å²) in [6, 6.07) is 46.5. The SMILES string of the molecule is CC1(C)c2ccccc2-c2cc(C3N=C(n4c5ccccc5c5cc6ccccc6cc54)Nc4c3sc3ccccc43)ccc21. The third kappa shape index (κ3) is 3.43. The molecule has 214 valence electrons. The highest BCUT2D eigenvalue weighted by Gasteiger charge is 2.36. The Kier molecular flexibility index (Phi) is 5.00. The van der Waals surface area contributed by atoms with Gasteiger partial charge in [-0.3, -0.25) is 4.57 Å². The number of aromatic nitrogens is 1. The normalized spacial score (nSPS) is 16.5. The molecule has 2 aromatic heterocycles. The van der Waals surface area contributed by atoms with Crippen molar-refractivity contribution in [3.8, 4) is 11.1 Å². The van der Waals surface area contributed by atoms with Crippen molar-refractivity contribution >= 4 is 65.6 Å². The zero-order chi connectivity index (χ0) is 29.9. The second-order valence-corrected chi connectivity index (χ2v) is 13.9. The number of anilines is 1. The molecular formula is C41H29N3S. The molecule has 1 aliphatic carbocycles. The van der Waals surface area contributed by atoms with Gasteiger partial charge in [-0.2, -0.15) is 0 Å². The molecule has 0 fully saturated rings. The van der Waals surface area contributed by atoms with E-state index in [9.17, 15) is 0 Å². The Bertz CT molecular complexity index is 2560. The first kappa shape index (κ1) is 25.2. The van der Waals surface area contributed by atoms with Crippen LogP contribution in [0.2, 0.25) is 0 Å². The Morgan fingerprint density at radius 3 is 2.24 bits per heavy atom. The van der Waals surface area contributed by atoms with Crippen molar-refractivity contribution in [2.24, 2.45) is 4.99 Å². The van der Waals surface area contributed by atoms with E-state index in [0.29, 0.717) is 0 Å². The fourth-order valence-electron chi connectivity index (χ4n) is 7.84. The van der Waals surface area contributed by atoms with Crippen LogP contribution < -0.4 is 5.32 Å². The smallest absolute Gasteiger partial charge is 0.208 e. The van der Waals surface area contributed by atoms with Crippen molar-refractivity contribution in [2.45, 2.75) is 25.3 Å². The van der Waals surface area contributed by atoms with E-state index < -0.39 is 0 Å². The number of para-hydroxylation sites is 1. The van der Waals surface area contributed by atoms with Gasteiger partial charge in [0.15, 0.2) is 0 Å². The highest BCUT2D eigenvalue weighted by Crippen LogP contribution is 2.51. The van der Waals surface area contributed by atoms with Crippen LogP contribution in [-0.2, 0) is 5.41 Å². The van der Waals surface area contributed by atoms with E-state index in [-0.39, 0.29) is 11.5 Å². The Labute approximate surface area is 265 Å². The molecular weight excluding hydrogens is 567 g/mol. The maximum Gasteiger partial charge on any atom is 0.208 e. The number of nitrogens with zero attached hydrogens (tertiary/aromatic N) is 2. The molecule has 1 atom stereocenters. The van der Waals surface area contributed by atoms with Crippen molar-refractivity contribution < 1.29 is 0 Å². The van der Waals surface area contributed by atoms with Crippen LogP contribution in [0, 0.1) is 0 Å². The van der Waals surface area contributed by atoms with Gasteiger partial charge in [0, 0.05) is 26.3 Å². The van der Waals surface area contributed by atoms with Gasteiger partial charge in [0.1, 0.15) is 6.04 Å². The number of benzene rings is 6. The molecule has 0 spiro atoms. The molecule has 10 rings (SSSR count). The summed E-state index contributed by atoms with van der Waals surface area (Å²) in [6.45, 7) is 4.68. The fourth-order valence-corrected chi connectivity index (χ4v) is 9.07. The lowest BCUT2D eigenvalue weighted by Gasteiger charge is -2.25. The minimum absolute atomic E-state index is 0.0263. The molecule has 0 bridgehead atoms. The van der Waals surface area contributed by atoms with Crippen molar-refractivity contribution in [3.63, 3.8) is 0 Å². The molecule has 0 amide bonds. The van der Waals surface area contributed by atoms with Gasteiger partial charge in [-0.25, -0.2) is 4.99 Å². The average molecular weight is 596 g/mol. The molecule has 45 heavy (non-hydrogen) atoms. The predicted octanol–water partition coefficient (Wildman–Crippen LogP) is 10.9. The summed E-state index contributed by atoms with van der Waals surface area (Å²) >= 11 is 1.85. The van der Waals surface area contributed by atoms with Gasteiger partial charge in [0.2, 0.25) is 5.96 Å². The molecule has 4 heteroatoms. The standard InChI is InChI=1S/C41H29N3S/c1-41(2)32-16-8-5-13-27(32)30-22-26(19-20-33(30)41)37-39-38(29-15-7-10-18-36(29)45-39)43-40(42-37)44-34-17-9-6-14-28(34)31-21-24-11-3-4-12-25(24)23-35(31)44/h3-23,37H,1-2H3,(H,42,43). The Morgan fingerprint density at radius 1 is 0.644 bits per heavy atom. The molecule has 6 aromatic carbocycles. The Balaban J connectivity index is 1.25. The number of thiophene rings is 1. The van der Waals surface area contributed by atoms with E-state index in [0.717, 1.165) is 17.0 Å². The summed E-state index contributed by atoms with van der Waals surface area (Å²) in [7, 11) is 0. The topological polar surface area (TPSA) is 29.3 Å². The molecule has 0 radical (unpaired) electrons. The molecule has 1 aliphatic heterocycles. The van der Waals surface area contributed by atoms with E-state index in [2.05, 4.69) is 151 Å². The maximum atomic E-state index is 5.61. The van der Waals surface area contributed by atoms with Crippen LogP contribution in [0.15, 0.2) is 132 Å². The maximum absolute atomic E-state index is 5.61. The lowest BCUT2D eigenvalue weighted by atomic mass is 9.82. The highest BCUT2D eigenvalue weighted by molar-refractivity contribution is 7.20. The molecule has 2 aliphatic rings. The van der Waals surface area contributed by atoms with E-state index in [1.165, 1.54) is 70.0 Å². The van der Waals surface area contributed by atoms with Crippen LogP contribution in [0.4, 0.5) is 5.69 Å². The van der Waals surface area contributed by atoms with Gasteiger partial charge in [-0.05, 0) is 68.9 Å². The molecule has 0 saturated heterocycles.